The fourth-order valence-corrected chi connectivity index (χ4v) is 2.32. The van der Waals surface area contributed by atoms with E-state index in [1.807, 2.05) is 31.2 Å². The lowest BCUT2D eigenvalue weighted by Gasteiger charge is -2.22. The number of nitrogens with one attached hydrogen (secondary N) is 2. The number of hydrogen-bond acceptors (Lipinski definition) is 3. The highest BCUT2D eigenvalue weighted by Gasteiger charge is 2.49. The molecule has 1 aromatic carbocycles. The van der Waals surface area contributed by atoms with E-state index in [0.29, 0.717) is 12.1 Å². The summed E-state index contributed by atoms with van der Waals surface area (Å²) in [4.78, 5) is 37.1. The smallest absolute Gasteiger partial charge is 0.325 e. The van der Waals surface area contributed by atoms with Gasteiger partial charge in [-0.05, 0) is 26.3 Å². The molecule has 0 unspecified atom stereocenters. The maximum absolute atomic E-state index is 12.5. The average molecular weight is 289 g/mol. The number of carbonyl (C=O) groups excluding carboxylic acids is 3. The zero-order valence-corrected chi connectivity index (χ0v) is 12.4. The molecule has 0 aromatic heterocycles. The van der Waals surface area contributed by atoms with Crippen molar-refractivity contribution in [2.75, 3.05) is 13.1 Å². The summed E-state index contributed by atoms with van der Waals surface area (Å²) in [5.41, 5.74) is 0.639. The first kappa shape index (κ1) is 15.0. The van der Waals surface area contributed by atoms with Crippen LogP contribution < -0.4 is 10.6 Å². The van der Waals surface area contributed by atoms with Gasteiger partial charge >= 0.3 is 6.03 Å². The lowest BCUT2D eigenvalue weighted by Crippen LogP contribution is -2.43. The Morgan fingerprint density at radius 3 is 2.48 bits per heavy atom. The Balaban J connectivity index is 2.24. The van der Waals surface area contributed by atoms with E-state index >= 15 is 0 Å². The predicted octanol–water partition coefficient (Wildman–Crippen LogP) is 0.898. The maximum atomic E-state index is 12.5. The third kappa shape index (κ3) is 2.74. The van der Waals surface area contributed by atoms with Crippen LogP contribution >= 0.6 is 0 Å². The van der Waals surface area contributed by atoms with Crippen LogP contribution in [0.2, 0.25) is 0 Å². The molecule has 0 spiro atoms. The Kier molecular flexibility index (Phi) is 3.97. The molecule has 1 saturated heterocycles. The Bertz CT molecular complexity index is 582. The topological polar surface area (TPSA) is 78.5 Å². The monoisotopic (exact) mass is 289 g/mol. The Hall–Kier alpha value is -2.37. The third-order valence-corrected chi connectivity index (χ3v) is 3.58. The highest BCUT2D eigenvalue weighted by atomic mass is 16.2. The molecule has 0 radical (unpaired) electrons. The van der Waals surface area contributed by atoms with E-state index in [9.17, 15) is 14.4 Å². The van der Waals surface area contributed by atoms with Gasteiger partial charge in [-0.2, -0.15) is 0 Å². The van der Waals surface area contributed by atoms with Crippen LogP contribution in [0.25, 0.3) is 0 Å². The van der Waals surface area contributed by atoms with Crippen molar-refractivity contribution in [3.63, 3.8) is 0 Å². The summed E-state index contributed by atoms with van der Waals surface area (Å²) < 4.78 is 0. The summed E-state index contributed by atoms with van der Waals surface area (Å²) in [6.45, 7) is 5.57. The van der Waals surface area contributed by atoms with Gasteiger partial charge in [0.05, 0.1) is 0 Å². The number of imide groups is 1. The molecular formula is C15H19N3O3. The fraction of sp³-hybridized carbons (Fsp3) is 0.400. The molecule has 2 rings (SSSR count). The number of urea groups is 1. The van der Waals surface area contributed by atoms with Crippen LogP contribution in [0.5, 0.6) is 0 Å². The third-order valence-electron chi connectivity index (χ3n) is 3.58. The largest absolute Gasteiger partial charge is 0.355 e. The molecule has 1 heterocycles. The van der Waals surface area contributed by atoms with Gasteiger partial charge in [-0.25, -0.2) is 4.79 Å². The van der Waals surface area contributed by atoms with Gasteiger partial charge in [-0.15, -0.1) is 0 Å². The number of benzene rings is 1. The van der Waals surface area contributed by atoms with Gasteiger partial charge < -0.3 is 10.6 Å². The molecule has 6 nitrogen and oxygen atoms in total. The first-order valence-electron chi connectivity index (χ1n) is 6.86. The van der Waals surface area contributed by atoms with Crippen molar-refractivity contribution < 1.29 is 14.4 Å². The van der Waals surface area contributed by atoms with Crippen LogP contribution in [0.15, 0.2) is 24.3 Å². The van der Waals surface area contributed by atoms with Crippen LogP contribution in [0, 0.1) is 6.92 Å². The molecule has 1 aromatic rings. The summed E-state index contributed by atoms with van der Waals surface area (Å²) in [5, 5.41) is 5.25. The molecule has 0 bridgehead atoms. The predicted molar refractivity (Wildman–Crippen MR) is 77.5 cm³/mol. The second kappa shape index (κ2) is 5.55. The first-order valence-corrected chi connectivity index (χ1v) is 6.86. The van der Waals surface area contributed by atoms with E-state index < -0.39 is 17.5 Å². The minimum atomic E-state index is -1.13. The van der Waals surface area contributed by atoms with Crippen molar-refractivity contribution in [3.8, 4) is 0 Å². The molecule has 2 N–H and O–H groups in total. The number of likely N-dealkylation sites (N-methyl/N-ethyl adjacent to an activating group) is 1. The van der Waals surface area contributed by atoms with Crippen LogP contribution in [0.1, 0.15) is 25.0 Å². The standard InChI is InChI=1S/C15H19N3O3/c1-4-16-12(19)9-18-13(20)15(3,17-14(18)21)11-7-5-10(2)6-8-11/h5-8H,4,9H2,1-3H3,(H,16,19)(H,17,21)/t15-/m0/s1. The van der Waals surface area contributed by atoms with Crippen LogP contribution in [0.3, 0.4) is 0 Å². The maximum Gasteiger partial charge on any atom is 0.325 e. The second-order valence-corrected chi connectivity index (χ2v) is 5.27. The van der Waals surface area contributed by atoms with Gasteiger partial charge in [0.15, 0.2) is 0 Å². The average Bonchev–Trinajstić information content (AvgIpc) is 2.64. The lowest BCUT2D eigenvalue weighted by atomic mass is 9.91. The number of carbonyl (C=O) groups is 3. The van der Waals surface area contributed by atoms with Gasteiger partial charge in [-0.1, -0.05) is 29.8 Å². The van der Waals surface area contributed by atoms with Gasteiger partial charge in [0.2, 0.25) is 5.91 Å². The molecule has 21 heavy (non-hydrogen) atoms. The molecule has 112 valence electrons. The van der Waals surface area contributed by atoms with Crippen molar-refractivity contribution in [2.45, 2.75) is 26.3 Å². The van der Waals surface area contributed by atoms with Crippen LogP contribution in [-0.4, -0.2) is 35.8 Å². The zero-order chi connectivity index (χ0) is 15.6. The second-order valence-electron chi connectivity index (χ2n) is 5.27. The van der Waals surface area contributed by atoms with Gasteiger partial charge in [-0.3, -0.25) is 14.5 Å². The Morgan fingerprint density at radius 2 is 1.90 bits per heavy atom. The number of amides is 4. The first-order chi connectivity index (χ1) is 9.88. The van der Waals surface area contributed by atoms with Crippen LogP contribution in [0.4, 0.5) is 4.79 Å². The summed E-state index contributed by atoms with van der Waals surface area (Å²) in [6, 6.07) is 6.83. The molecule has 4 amide bonds. The summed E-state index contributed by atoms with van der Waals surface area (Å²) >= 11 is 0. The highest BCUT2D eigenvalue weighted by molar-refractivity contribution is 6.09. The number of hydrogen-bond donors (Lipinski definition) is 2. The van der Waals surface area contributed by atoms with Crippen molar-refractivity contribution >= 4 is 17.8 Å². The lowest BCUT2D eigenvalue weighted by molar-refractivity contribution is -0.134. The van der Waals surface area contributed by atoms with Crippen molar-refractivity contribution in [3.05, 3.63) is 35.4 Å². The quantitative estimate of drug-likeness (QED) is 0.808. The van der Waals surface area contributed by atoms with E-state index in [-0.39, 0.29) is 12.5 Å². The fourth-order valence-electron chi connectivity index (χ4n) is 2.32. The molecule has 6 heteroatoms. The van der Waals surface area contributed by atoms with Crippen LogP contribution in [-0.2, 0) is 15.1 Å². The number of aryl methyl sites for hydroxylation is 1. The molecule has 1 aliphatic heterocycles. The number of nitrogens with zero attached hydrogens (tertiary/aromatic N) is 1. The zero-order valence-electron chi connectivity index (χ0n) is 12.4. The molecule has 0 aliphatic carbocycles. The Labute approximate surface area is 123 Å². The van der Waals surface area contributed by atoms with E-state index in [2.05, 4.69) is 10.6 Å². The van der Waals surface area contributed by atoms with Gasteiger partial charge in [0.1, 0.15) is 12.1 Å². The highest BCUT2D eigenvalue weighted by Crippen LogP contribution is 2.28. The molecule has 1 fully saturated rings. The number of rotatable bonds is 4. The van der Waals surface area contributed by atoms with Gasteiger partial charge in [0, 0.05) is 6.54 Å². The summed E-state index contributed by atoms with van der Waals surface area (Å²) in [5.74, 6) is -0.767. The van der Waals surface area contributed by atoms with E-state index in [1.54, 1.807) is 13.8 Å². The normalized spacial score (nSPS) is 21.4. The molecule has 1 aliphatic rings. The van der Waals surface area contributed by atoms with E-state index in [0.717, 1.165) is 10.5 Å². The minimum absolute atomic E-state index is 0.264. The molecular weight excluding hydrogens is 270 g/mol. The van der Waals surface area contributed by atoms with E-state index in [4.69, 9.17) is 0 Å². The molecule has 0 saturated carbocycles. The minimum Gasteiger partial charge on any atom is -0.355 e. The molecule has 1 atom stereocenters. The van der Waals surface area contributed by atoms with E-state index in [1.165, 1.54) is 0 Å². The van der Waals surface area contributed by atoms with Crippen molar-refractivity contribution in [1.82, 2.24) is 15.5 Å². The Morgan fingerprint density at radius 1 is 1.29 bits per heavy atom. The summed E-state index contributed by atoms with van der Waals surface area (Å²) in [6.07, 6.45) is 0. The SMILES string of the molecule is CCNC(=O)CN1C(=O)N[C@@](C)(c2ccc(C)cc2)C1=O. The van der Waals surface area contributed by atoms with Gasteiger partial charge in [0.25, 0.3) is 5.91 Å². The summed E-state index contributed by atoms with van der Waals surface area (Å²) in [7, 11) is 0. The van der Waals surface area contributed by atoms with Crippen molar-refractivity contribution in [2.24, 2.45) is 0 Å². The van der Waals surface area contributed by atoms with Crippen molar-refractivity contribution in [1.29, 1.82) is 0 Å².